The molecule has 0 amide bonds. The van der Waals surface area contributed by atoms with Crippen LogP contribution >= 0.6 is 0 Å². The molecule has 94 valence electrons. The summed E-state index contributed by atoms with van der Waals surface area (Å²) >= 11 is 0. The Balaban J connectivity index is 2.33. The van der Waals surface area contributed by atoms with Gasteiger partial charge in [0.15, 0.2) is 5.96 Å². The van der Waals surface area contributed by atoms with Crippen LogP contribution in [0.3, 0.4) is 0 Å². The fourth-order valence-electron chi connectivity index (χ4n) is 1.88. The number of aliphatic imine (C=N–C) groups is 1. The van der Waals surface area contributed by atoms with Crippen molar-refractivity contribution in [3.8, 4) is 0 Å². The van der Waals surface area contributed by atoms with Crippen molar-refractivity contribution in [2.45, 2.75) is 20.3 Å². The predicted molar refractivity (Wildman–Crippen MR) is 67.8 cm³/mol. The molecule has 1 rings (SSSR count). The van der Waals surface area contributed by atoms with Crippen LogP contribution < -0.4 is 5.32 Å². The monoisotopic (exact) mass is 227 g/mol. The lowest BCUT2D eigenvalue weighted by Gasteiger charge is -2.25. The van der Waals surface area contributed by atoms with E-state index < -0.39 is 0 Å². The first-order valence-electron chi connectivity index (χ1n) is 6.13. The normalized spacial score (nSPS) is 21.6. The fraction of sp³-hybridized carbons (Fsp3) is 0.917. The number of nitrogens with zero attached hydrogens (tertiary/aromatic N) is 2. The number of hydrogen-bond donors (Lipinski definition) is 1. The summed E-state index contributed by atoms with van der Waals surface area (Å²) in [5, 5.41) is 3.38. The molecule has 0 bridgehead atoms. The number of rotatable bonds is 4. The molecule has 4 nitrogen and oxygen atoms in total. The van der Waals surface area contributed by atoms with Gasteiger partial charge in [-0.2, -0.15) is 0 Å². The Hall–Kier alpha value is -0.770. The van der Waals surface area contributed by atoms with E-state index in [0.29, 0.717) is 11.8 Å². The van der Waals surface area contributed by atoms with E-state index in [9.17, 15) is 0 Å². The van der Waals surface area contributed by atoms with Gasteiger partial charge in [-0.05, 0) is 12.3 Å². The lowest BCUT2D eigenvalue weighted by Crippen LogP contribution is -2.42. The van der Waals surface area contributed by atoms with Crippen molar-refractivity contribution in [3.05, 3.63) is 0 Å². The highest BCUT2D eigenvalue weighted by Crippen LogP contribution is 2.13. The van der Waals surface area contributed by atoms with E-state index in [0.717, 1.165) is 32.3 Å². The number of ether oxygens (including phenoxy) is 1. The third-order valence-corrected chi connectivity index (χ3v) is 2.80. The van der Waals surface area contributed by atoms with E-state index >= 15 is 0 Å². The van der Waals surface area contributed by atoms with Gasteiger partial charge in [-0.15, -0.1) is 0 Å². The van der Waals surface area contributed by atoms with Crippen LogP contribution in [0.25, 0.3) is 0 Å². The Morgan fingerprint density at radius 1 is 1.56 bits per heavy atom. The molecule has 0 aromatic carbocycles. The van der Waals surface area contributed by atoms with Crippen molar-refractivity contribution in [3.63, 3.8) is 0 Å². The lowest BCUT2D eigenvalue weighted by molar-refractivity contribution is 0.181. The molecule has 1 unspecified atom stereocenters. The standard InChI is InChI=1S/C12H25N3O/c1-10(2)7-14-12(13-3)15(4)8-11-5-6-16-9-11/h10-11H,5-9H2,1-4H3,(H,13,14). The number of guanidine groups is 1. The molecular formula is C12H25N3O. The molecule has 1 aliphatic heterocycles. The summed E-state index contributed by atoms with van der Waals surface area (Å²) in [6, 6.07) is 0. The maximum Gasteiger partial charge on any atom is 0.193 e. The van der Waals surface area contributed by atoms with E-state index in [1.807, 2.05) is 7.05 Å². The fourth-order valence-corrected chi connectivity index (χ4v) is 1.88. The molecule has 0 spiro atoms. The summed E-state index contributed by atoms with van der Waals surface area (Å²) in [5.41, 5.74) is 0. The minimum absolute atomic E-state index is 0.639. The van der Waals surface area contributed by atoms with Crippen LogP contribution in [0, 0.1) is 11.8 Å². The highest BCUT2D eigenvalue weighted by Gasteiger charge is 2.18. The molecule has 0 aromatic heterocycles. The van der Waals surface area contributed by atoms with Crippen LogP contribution in [-0.4, -0.2) is 51.3 Å². The molecule has 1 aliphatic rings. The average molecular weight is 227 g/mol. The first kappa shape index (κ1) is 13.3. The molecule has 1 fully saturated rings. The van der Waals surface area contributed by atoms with Gasteiger partial charge in [0.1, 0.15) is 0 Å². The molecule has 1 saturated heterocycles. The van der Waals surface area contributed by atoms with E-state index in [1.165, 1.54) is 6.42 Å². The second kappa shape index (κ2) is 6.74. The third kappa shape index (κ3) is 4.39. The Morgan fingerprint density at radius 2 is 2.31 bits per heavy atom. The largest absolute Gasteiger partial charge is 0.381 e. The highest BCUT2D eigenvalue weighted by molar-refractivity contribution is 5.79. The summed E-state index contributed by atoms with van der Waals surface area (Å²) in [5.74, 6) is 2.28. The van der Waals surface area contributed by atoms with Crippen LogP contribution in [0.5, 0.6) is 0 Å². The second-order valence-electron chi connectivity index (χ2n) is 4.93. The van der Waals surface area contributed by atoms with Crippen molar-refractivity contribution in [1.29, 1.82) is 0 Å². The molecule has 4 heteroatoms. The van der Waals surface area contributed by atoms with Crippen molar-refractivity contribution in [1.82, 2.24) is 10.2 Å². The number of hydrogen-bond acceptors (Lipinski definition) is 2. The van der Waals surface area contributed by atoms with E-state index in [2.05, 4.69) is 36.1 Å². The molecule has 0 saturated carbocycles. The molecular weight excluding hydrogens is 202 g/mol. The quantitative estimate of drug-likeness (QED) is 0.579. The summed E-state index contributed by atoms with van der Waals surface area (Å²) in [6.07, 6.45) is 1.17. The van der Waals surface area contributed by atoms with Gasteiger partial charge < -0.3 is 15.0 Å². The summed E-state index contributed by atoms with van der Waals surface area (Å²) < 4.78 is 5.38. The molecule has 1 N–H and O–H groups in total. The van der Waals surface area contributed by atoms with Crippen molar-refractivity contribution < 1.29 is 4.74 Å². The molecule has 1 heterocycles. The Morgan fingerprint density at radius 3 is 2.81 bits per heavy atom. The number of nitrogens with one attached hydrogen (secondary N) is 1. The molecule has 0 aromatic rings. The van der Waals surface area contributed by atoms with E-state index in [-0.39, 0.29) is 0 Å². The second-order valence-corrected chi connectivity index (χ2v) is 4.93. The van der Waals surface area contributed by atoms with Crippen molar-refractivity contribution in [2.24, 2.45) is 16.8 Å². The van der Waals surface area contributed by atoms with Gasteiger partial charge in [0.05, 0.1) is 6.61 Å². The zero-order chi connectivity index (χ0) is 12.0. The maximum atomic E-state index is 5.38. The van der Waals surface area contributed by atoms with Gasteiger partial charge in [0, 0.05) is 39.7 Å². The summed E-state index contributed by atoms with van der Waals surface area (Å²) in [6.45, 7) is 8.20. The van der Waals surface area contributed by atoms with Gasteiger partial charge in [-0.1, -0.05) is 13.8 Å². The van der Waals surface area contributed by atoms with E-state index in [1.54, 1.807) is 0 Å². The minimum Gasteiger partial charge on any atom is -0.381 e. The smallest absolute Gasteiger partial charge is 0.193 e. The molecule has 0 radical (unpaired) electrons. The van der Waals surface area contributed by atoms with Crippen LogP contribution in [0.2, 0.25) is 0 Å². The topological polar surface area (TPSA) is 36.9 Å². The summed E-state index contributed by atoms with van der Waals surface area (Å²) in [4.78, 5) is 6.49. The first-order valence-corrected chi connectivity index (χ1v) is 6.13. The predicted octanol–water partition coefficient (Wildman–Crippen LogP) is 1.19. The van der Waals surface area contributed by atoms with Gasteiger partial charge in [0.2, 0.25) is 0 Å². The zero-order valence-electron chi connectivity index (χ0n) is 11.0. The molecule has 1 atom stereocenters. The minimum atomic E-state index is 0.639. The van der Waals surface area contributed by atoms with Crippen molar-refractivity contribution >= 4 is 5.96 Å². The van der Waals surface area contributed by atoms with Crippen LogP contribution in [-0.2, 0) is 4.74 Å². The Labute approximate surface area is 99.1 Å². The maximum absolute atomic E-state index is 5.38. The average Bonchev–Trinajstić information content (AvgIpc) is 2.71. The molecule has 0 aliphatic carbocycles. The van der Waals surface area contributed by atoms with Gasteiger partial charge in [-0.25, -0.2) is 0 Å². The van der Waals surface area contributed by atoms with Gasteiger partial charge in [-0.3, -0.25) is 4.99 Å². The van der Waals surface area contributed by atoms with Crippen LogP contribution in [0.15, 0.2) is 4.99 Å². The SMILES string of the molecule is CN=C(NCC(C)C)N(C)CC1CCOC1. The van der Waals surface area contributed by atoms with Gasteiger partial charge >= 0.3 is 0 Å². The zero-order valence-corrected chi connectivity index (χ0v) is 11.0. The Bertz CT molecular complexity index is 222. The summed E-state index contributed by atoms with van der Waals surface area (Å²) in [7, 11) is 3.93. The Kier molecular flexibility index (Phi) is 5.60. The first-order chi connectivity index (χ1) is 7.63. The highest BCUT2D eigenvalue weighted by atomic mass is 16.5. The van der Waals surface area contributed by atoms with Crippen LogP contribution in [0.4, 0.5) is 0 Å². The lowest BCUT2D eigenvalue weighted by atomic mass is 10.1. The van der Waals surface area contributed by atoms with Gasteiger partial charge in [0.25, 0.3) is 0 Å². The van der Waals surface area contributed by atoms with E-state index in [4.69, 9.17) is 4.74 Å². The van der Waals surface area contributed by atoms with Crippen molar-refractivity contribution in [2.75, 3.05) is 40.4 Å². The third-order valence-electron chi connectivity index (χ3n) is 2.80. The molecule has 16 heavy (non-hydrogen) atoms. The van der Waals surface area contributed by atoms with Crippen LogP contribution in [0.1, 0.15) is 20.3 Å².